The molecular weight excluding hydrogens is 192 g/mol. The van der Waals surface area contributed by atoms with Crippen molar-refractivity contribution in [3.8, 4) is 11.5 Å². The lowest BCUT2D eigenvalue weighted by Crippen LogP contribution is -1.98. The van der Waals surface area contributed by atoms with E-state index in [0.717, 1.165) is 16.7 Å². The second-order valence-corrected chi connectivity index (χ2v) is 3.68. The van der Waals surface area contributed by atoms with Gasteiger partial charge in [-0.15, -0.1) is 0 Å². The summed E-state index contributed by atoms with van der Waals surface area (Å²) in [6.07, 6.45) is 1.33. The minimum absolute atomic E-state index is 0.134. The lowest BCUT2D eigenvalue weighted by Gasteiger charge is -2.14. The van der Waals surface area contributed by atoms with Gasteiger partial charge in [-0.25, -0.2) is 0 Å². The number of hydrogen-bond donors (Lipinski definition) is 2. The molecule has 3 heteroatoms. The molecule has 3 nitrogen and oxygen atoms in total. The van der Waals surface area contributed by atoms with Gasteiger partial charge in [-0.2, -0.15) is 0 Å². The van der Waals surface area contributed by atoms with E-state index in [-0.39, 0.29) is 12.4 Å². The van der Waals surface area contributed by atoms with Crippen LogP contribution in [0.25, 0.3) is 0 Å². The van der Waals surface area contributed by atoms with Gasteiger partial charge in [-0.05, 0) is 43.9 Å². The highest BCUT2D eigenvalue weighted by molar-refractivity contribution is 5.52. The normalized spacial score (nSPS) is 10.4. The molecule has 0 spiro atoms. The van der Waals surface area contributed by atoms with Crippen molar-refractivity contribution in [3.05, 3.63) is 22.8 Å². The Labute approximate surface area is 90.3 Å². The van der Waals surface area contributed by atoms with Gasteiger partial charge in [0.25, 0.3) is 0 Å². The van der Waals surface area contributed by atoms with Crippen molar-refractivity contribution >= 4 is 0 Å². The third kappa shape index (κ3) is 2.42. The van der Waals surface area contributed by atoms with E-state index in [1.54, 1.807) is 7.11 Å². The molecule has 1 rings (SSSR count). The molecule has 1 aromatic rings. The van der Waals surface area contributed by atoms with Crippen LogP contribution in [-0.2, 0) is 6.42 Å². The van der Waals surface area contributed by atoms with E-state index in [4.69, 9.17) is 9.84 Å². The van der Waals surface area contributed by atoms with E-state index in [0.29, 0.717) is 18.6 Å². The second-order valence-electron chi connectivity index (χ2n) is 3.68. The van der Waals surface area contributed by atoms with Crippen LogP contribution in [0.4, 0.5) is 0 Å². The van der Waals surface area contributed by atoms with Crippen molar-refractivity contribution < 1.29 is 14.9 Å². The highest BCUT2D eigenvalue weighted by Gasteiger charge is 2.12. The number of aliphatic hydroxyl groups is 1. The van der Waals surface area contributed by atoms with Crippen LogP contribution < -0.4 is 4.74 Å². The summed E-state index contributed by atoms with van der Waals surface area (Å²) < 4.78 is 5.09. The van der Waals surface area contributed by atoms with Crippen LogP contribution in [0.3, 0.4) is 0 Å². The van der Waals surface area contributed by atoms with Gasteiger partial charge in [0.15, 0.2) is 11.5 Å². The molecule has 0 fully saturated rings. The van der Waals surface area contributed by atoms with Gasteiger partial charge in [-0.1, -0.05) is 0 Å². The van der Waals surface area contributed by atoms with E-state index in [1.807, 2.05) is 19.9 Å². The van der Waals surface area contributed by atoms with Crippen LogP contribution in [0.5, 0.6) is 11.5 Å². The number of aliphatic hydroxyl groups excluding tert-OH is 1. The van der Waals surface area contributed by atoms with E-state index < -0.39 is 0 Å². The molecule has 0 heterocycles. The van der Waals surface area contributed by atoms with Gasteiger partial charge in [0.2, 0.25) is 0 Å². The number of rotatable bonds is 4. The lowest BCUT2D eigenvalue weighted by molar-refractivity contribution is 0.287. The fraction of sp³-hybridized carbons (Fsp3) is 0.500. The van der Waals surface area contributed by atoms with Gasteiger partial charge in [0, 0.05) is 12.2 Å². The maximum atomic E-state index is 9.91. The van der Waals surface area contributed by atoms with E-state index in [1.165, 1.54) is 0 Å². The Bertz CT molecular complexity index is 345. The molecule has 0 aromatic heterocycles. The molecule has 15 heavy (non-hydrogen) atoms. The summed E-state index contributed by atoms with van der Waals surface area (Å²) in [6.45, 7) is 4.09. The first-order valence-corrected chi connectivity index (χ1v) is 5.08. The fourth-order valence-corrected chi connectivity index (χ4v) is 1.65. The largest absolute Gasteiger partial charge is 0.504 e. The molecule has 84 valence electrons. The third-order valence-corrected chi connectivity index (χ3v) is 2.72. The Morgan fingerprint density at radius 3 is 2.53 bits per heavy atom. The zero-order valence-corrected chi connectivity index (χ0v) is 9.50. The number of aromatic hydroxyl groups is 1. The van der Waals surface area contributed by atoms with Crippen LogP contribution >= 0.6 is 0 Å². The summed E-state index contributed by atoms with van der Waals surface area (Å²) in [5.41, 5.74) is 3.04. The maximum absolute atomic E-state index is 9.91. The van der Waals surface area contributed by atoms with E-state index >= 15 is 0 Å². The average molecular weight is 210 g/mol. The van der Waals surface area contributed by atoms with Crippen molar-refractivity contribution in [2.75, 3.05) is 13.7 Å². The SMILES string of the molecule is COc1cc(C)c(C)c(CCCO)c1O. The minimum Gasteiger partial charge on any atom is -0.504 e. The van der Waals surface area contributed by atoms with Gasteiger partial charge in [0.1, 0.15) is 0 Å². The lowest BCUT2D eigenvalue weighted by atomic mass is 9.98. The molecular formula is C12H18O3. The molecule has 1 aromatic carbocycles. The molecule has 0 aliphatic rings. The van der Waals surface area contributed by atoms with Crippen LogP contribution in [0.2, 0.25) is 0 Å². The van der Waals surface area contributed by atoms with Crippen LogP contribution in [0.1, 0.15) is 23.1 Å². The second kappa shape index (κ2) is 5.03. The predicted octanol–water partition coefficient (Wildman–Crippen LogP) is 1.94. The molecule has 0 aliphatic carbocycles. The molecule has 0 unspecified atom stereocenters. The first kappa shape index (κ1) is 11.9. The van der Waals surface area contributed by atoms with E-state index in [2.05, 4.69) is 0 Å². The third-order valence-electron chi connectivity index (χ3n) is 2.72. The standard InChI is InChI=1S/C12H18O3/c1-8-7-11(15-3)12(14)10(9(8)2)5-4-6-13/h7,13-14H,4-6H2,1-3H3. The highest BCUT2D eigenvalue weighted by Crippen LogP contribution is 2.35. The van der Waals surface area contributed by atoms with Gasteiger partial charge >= 0.3 is 0 Å². The fourth-order valence-electron chi connectivity index (χ4n) is 1.65. The number of hydrogen-bond acceptors (Lipinski definition) is 3. The van der Waals surface area contributed by atoms with Crippen LogP contribution in [-0.4, -0.2) is 23.9 Å². The zero-order valence-electron chi connectivity index (χ0n) is 9.50. The Hall–Kier alpha value is -1.22. The first-order chi connectivity index (χ1) is 7.11. The summed E-state index contributed by atoms with van der Waals surface area (Å²) in [7, 11) is 1.54. The van der Waals surface area contributed by atoms with Gasteiger partial charge in [-0.3, -0.25) is 0 Å². The van der Waals surface area contributed by atoms with Crippen molar-refractivity contribution in [1.29, 1.82) is 0 Å². The van der Waals surface area contributed by atoms with Crippen molar-refractivity contribution in [2.24, 2.45) is 0 Å². The minimum atomic E-state index is 0.134. The Morgan fingerprint density at radius 1 is 1.33 bits per heavy atom. The number of methoxy groups -OCH3 is 1. The quantitative estimate of drug-likeness (QED) is 0.798. The molecule has 0 saturated heterocycles. The molecule has 0 amide bonds. The summed E-state index contributed by atoms with van der Waals surface area (Å²) in [5, 5.41) is 18.7. The van der Waals surface area contributed by atoms with Crippen molar-refractivity contribution in [1.82, 2.24) is 0 Å². The molecule has 0 bridgehead atoms. The van der Waals surface area contributed by atoms with Gasteiger partial charge in [0.05, 0.1) is 7.11 Å². The van der Waals surface area contributed by atoms with E-state index in [9.17, 15) is 5.11 Å². The predicted molar refractivity (Wildman–Crippen MR) is 59.5 cm³/mol. The number of aryl methyl sites for hydroxylation is 1. The average Bonchev–Trinajstić information content (AvgIpc) is 2.23. The number of phenolic OH excluding ortho intramolecular Hbond substituents is 1. The number of phenols is 1. The van der Waals surface area contributed by atoms with Crippen molar-refractivity contribution in [2.45, 2.75) is 26.7 Å². The zero-order chi connectivity index (χ0) is 11.4. The summed E-state index contributed by atoms with van der Waals surface area (Å²) in [5.74, 6) is 0.708. The molecule has 0 saturated carbocycles. The van der Waals surface area contributed by atoms with Gasteiger partial charge < -0.3 is 14.9 Å². The molecule has 0 atom stereocenters. The smallest absolute Gasteiger partial charge is 0.161 e. The highest BCUT2D eigenvalue weighted by atomic mass is 16.5. The summed E-state index contributed by atoms with van der Waals surface area (Å²) in [4.78, 5) is 0. The molecule has 0 radical (unpaired) electrons. The van der Waals surface area contributed by atoms with Crippen LogP contribution in [0.15, 0.2) is 6.07 Å². The Kier molecular flexibility index (Phi) is 3.97. The Balaban J connectivity index is 3.15. The number of ether oxygens (including phenoxy) is 1. The van der Waals surface area contributed by atoms with Crippen molar-refractivity contribution in [3.63, 3.8) is 0 Å². The first-order valence-electron chi connectivity index (χ1n) is 5.08. The molecule has 0 aliphatic heterocycles. The Morgan fingerprint density at radius 2 is 2.00 bits per heavy atom. The number of benzene rings is 1. The maximum Gasteiger partial charge on any atom is 0.161 e. The van der Waals surface area contributed by atoms with Crippen LogP contribution in [0, 0.1) is 13.8 Å². The monoisotopic (exact) mass is 210 g/mol. The summed E-state index contributed by atoms with van der Waals surface area (Å²) in [6, 6.07) is 1.83. The molecule has 2 N–H and O–H groups in total. The topological polar surface area (TPSA) is 49.7 Å². The summed E-state index contributed by atoms with van der Waals surface area (Å²) >= 11 is 0.